The molecule has 0 aromatic heterocycles. The molecule has 0 radical (unpaired) electrons. The summed E-state index contributed by atoms with van der Waals surface area (Å²) >= 11 is 0. The molecule has 0 fully saturated rings. The summed E-state index contributed by atoms with van der Waals surface area (Å²) in [6.07, 6.45) is 0.457. The molecule has 0 saturated carbocycles. The zero-order chi connectivity index (χ0) is 18.1. The van der Waals surface area contributed by atoms with Gasteiger partial charge < -0.3 is 14.6 Å². The van der Waals surface area contributed by atoms with Gasteiger partial charge in [-0.3, -0.25) is 4.79 Å². The Hall–Kier alpha value is -3.18. The van der Waals surface area contributed by atoms with Gasteiger partial charge in [-0.25, -0.2) is 0 Å². The maximum absolute atomic E-state index is 10.5. The highest BCUT2D eigenvalue weighted by Gasteiger charge is 2.15. The number of hydrogen-bond acceptors (Lipinski definition) is 4. The fourth-order valence-corrected chi connectivity index (χ4v) is 2.39. The van der Waals surface area contributed by atoms with Crippen molar-refractivity contribution in [3.05, 3.63) is 70.1 Å². The molecule has 0 saturated heterocycles. The maximum atomic E-state index is 10.5. The summed E-state index contributed by atoms with van der Waals surface area (Å²) in [5.74, 6) is 0.164. The first-order valence-electron chi connectivity index (χ1n) is 7.77. The first-order chi connectivity index (χ1) is 12.2. The van der Waals surface area contributed by atoms with Gasteiger partial charge >= 0.3 is 5.97 Å². The Labute approximate surface area is 145 Å². The first-order valence-corrected chi connectivity index (χ1v) is 7.77. The van der Waals surface area contributed by atoms with Gasteiger partial charge in [-0.05, 0) is 35.2 Å². The van der Waals surface area contributed by atoms with Gasteiger partial charge in [0.1, 0.15) is 0 Å². The first kappa shape index (κ1) is 18.2. The molecule has 7 nitrogen and oxygen atoms in total. The second-order valence-corrected chi connectivity index (χ2v) is 5.27. The summed E-state index contributed by atoms with van der Waals surface area (Å²) in [6.45, 7) is 0.278. The van der Waals surface area contributed by atoms with Crippen molar-refractivity contribution in [2.24, 2.45) is 5.11 Å². The highest BCUT2D eigenvalue weighted by molar-refractivity contribution is 5.66. The number of rotatable bonds is 9. The normalized spacial score (nSPS) is 11.2. The number of benzene rings is 2. The number of ether oxygens (including phenoxy) is 2. The Morgan fingerprint density at radius 1 is 1.20 bits per heavy atom. The molecule has 0 aliphatic rings. The van der Waals surface area contributed by atoms with E-state index in [2.05, 4.69) is 10.0 Å². The number of hydrogen-bond donors (Lipinski definition) is 1. The van der Waals surface area contributed by atoms with Gasteiger partial charge in [0.05, 0.1) is 19.8 Å². The molecular formula is C18H19N3O4. The van der Waals surface area contributed by atoms with E-state index in [0.717, 1.165) is 11.1 Å². The van der Waals surface area contributed by atoms with Crippen molar-refractivity contribution in [2.45, 2.75) is 18.9 Å². The van der Waals surface area contributed by atoms with Crippen molar-refractivity contribution < 1.29 is 19.4 Å². The van der Waals surface area contributed by atoms with Gasteiger partial charge in [-0.15, -0.1) is 0 Å². The van der Waals surface area contributed by atoms with E-state index in [-0.39, 0.29) is 13.0 Å². The molecular weight excluding hydrogens is 322 g/mol. The third kappa shape index (κ3) is 5.16. The molecule has 2 rings (SSSR count). The minimum Gasteiger partial charge on any atom is -0.493 e. The van der Waals surface area contributed by atoms with Gasteiger partial charge in [0, 0.05) is 11.3 Å². The highest BCUT2D eigenvalue weighted by Crippen LogP contribution is 2.34. The van der Waals surface area contributed by atoms with Crippen LogP contribution in [0.15, 0.2) is 53.6 Å². The van der Waals surface area contributed by atoms with Gasteiger partial charge in [-0.2, -0.15) is 0 Å². The van der Waals surface area contributed by atoms with Crippen molar-refractivity contribution in [3.63, 3.8) is 0 Å². The third-order valence-electron chi connectivity index (χ3n) is 3.58. The van der Waals surface area contributed by atoms with E-state index < -0.39 is 12.0 Å². The fourth-order valence-electron chi connectivity index (χ4n) is 2.39. The standard InChI is InChI=1S/C18H19N3O4/c1-24-16-12-14(9-10-15(16)25-11-5-8-17(22)23)18(20-21-19)13-6-3-2-4-7-13/h2-4,6-7,9-10,12,18H,5,8,11H2,1H3,(H,22,23). The average molecular weight is 341 g/mol. The Kier molecular flexibility index (Phi) is 6.68. The molecule has 0 bridgehead atoms. The fraction of sp³-hybridized carbons (Fsp3) is 0.278. The maximum Gasteiger partial charge on any atom is 0.303 e. The Balaban J connectivity index is 2.21. The van der Waals surface area contributed by atoms with Crippen molar-refractivity contribution in [3.8, 4) is 11.5 Å². The summed E-state index contributed by atoms with van der Waals surface area (Å²) in [5, 5.41) is 12.5. The number of aliphatic carboxylic acids is 1. The molecule has 7 heteroatoms. The summed E-state index contributed by atoms with van der Waals surface area (Å²) in [7, 11) is 1.52. The van der Waals surface area contributed by atoms with Crippen molar-refractivity contribution in [1.82, 2.24) is 0 Å². The summed E-state index contributed by atoms with van der Waals surface area (Å²) in [5.41, 5.74) is 10.5. The van der Waals surface area contributed by atoms with Crippen LogP contribution in [0.5, 0.6) is 11.5 Å². The predicted octanol–water partition coefficient (Wildman–Crippen LogP) is 4.34. The van der Waals surface area contributed by atoms with Gasteiger partial charge in [-0.1, -0.05) is 41.5 Å². The van der Waals surface area contributed by atoms with Crippen LogP contribution in [0, 0.1) is 0 Å². The van der Waals surface area contributed by atoms with E-state index in [9.17, 15) is 4.79 Å². The van der Waals surface area contributed by atoms with Gasteiger partial charge in [0.15, 0.2) is 11.5 Å². The zero-order valence-corrected chi connectivity index (χ0v) is 13.8. The molecule has 25 heavy (non-hydrogen) atoms. The summed E-state index contributed by atoms with van der Waals surface area (Å²) < 4.78 is 10.9. The minimum atomic E-state index is -0.856. The van der Waals surface area contributed by atoms with E-state index in [1.165, 1.54) is 7.11 Å². The number of carboxylic acid groups (broad SMARTS) is 1. The smallest absolute Gasteiger partial charge is 0.303 e. The summed E-state index contributed by atoms with van der Waals surface area (Å²) in [4.78, 5) is 13.5. The largest absolute Gasteiger partial charge is 0.493 e. The van der Waals surface area contributed by atoms with Gasteiger partial charge in [0.2, 0.25) is 0 Å². The number of nitrogens with zero attached hydrogens (tertiary/aromatic N) is 3. The molecule has 0 amide bonds. The number of carbonyl (C=O) groups is 1. The monoisotopic (exact) mass is 341 g/mol. The summed E-state index contributed by atoms with van der Waals surface area (Å²) in [6, 6.07) is 14.3. The highest BCUT2D eigenvalue weighted by atomic mass is 16.5. The van der Waals surface area contributed by atoms with Crippen molar-refractivity contribution in [1.29, 1.82) is 0 Å². The van der Waals surface area contributed by atoms with Crippen LogP contribution in [0.2, 0.25) is 0 Å². The molecule has 0 aliphatic carbocycles. The second-order valence-electron chi connectivity index (χ2n) is 5.27. The molecule has 1 atom stereocenters. The van der Waals surface area contributed by atoms with Crippen molar-refractivity contribution >= 4 is 5.97 Å². The van der Waals surface area contributed by atoms with Crippen LogP contribution in [-0.2, 0) is 4.79 Å². The lowest BCUT2D eigenvalue weighted by atomic mass is 9.99. The van der Waals surface area contributed by atoms with Crippen LogP contribution in [0.25, 0.3) is 10.4 Å². The number of azide groups is 1. The number of methoxy groups -OCH3 is 1. The van der Waals surface area contributed by atoms with E-state index >= 15 is 0 Å². The van der Waals surface area contributed by atoms with Crippen LogP contribution >= 0.6 is 0 Å². The van der Waals surface area contributed by atoms with E-state index in [1.807, 2.05) is 30.3 Å². The SMILES string of the molecule is COc1cc(C(N=[N+]=[N-])c2ccccc2)ccc1OCCCC(=O)O. The zero-order valence-electron chi connectivity index (χ0n) is 13.8. The van der Waals surface area contributed by atoms with E-state index in [0.29, 0.717) is 17.9 Å². The lowest BCUT2D eigenvalue weighted by Gasteiger charge is -2.16. The molecule has 2 aromatic rings. The molecule has 1 N–H and O–H groups in total. The molecule has 1 unspecified atom stereocenters. The molecule has 0 spiro atoms. The van der Waals surface area contributed by atoms with Crippen LogP contribution in [0.4, 0.5) is 0 Å². The topological polar surface area (TPSA) is 105 Å². The lowest BCUT2D eigenvalue weighted by molar-refractivity contribution is -0.137. The predicted molar refractivity (Wildman–Crippen MR) is 92.8 cm³/mol. The second kappa shape index (κ2) is 9.20. The third-order valence-corrected chi connectivity index (χ3v) is 3.58. The Morgan fingerprint density at radius 2 is 1.96 bits per heavy atom. The van der Waals surface area contributed by atoms with E-state index in [1.54, 1.807) is 18.2 Å². The van der Waals surface area contributed by atoms with E-state index in [4.69, 9.17) is 20.1 Å². The van der Waals surface area contributed by atoms with Gasteiger partial charge in [0.25, 0.3) is 0 Å². The molecule has 2 aromatic carbocycles. The molecule has 0 aliphatic heterocycles. The Bertz CT molecular complexity index is 758. The van der Waals surface area contributed by atoms with Crippen LogP contribution < -0.4 is 9.47 Å². The lowest BCUT2D eigenvalue weighted by Crippen LogP contribution is -2.04. The average Bonchev–Trinajstić information content (AvgIpc) is 2.64. The Morgan fingerprint density at radius 3 is 2.60 bits per heavy atom. The number of carboxylic acids is 1. The minimum absolute atomic E-state index is 0.0490. The van der Waals surface area contributed by atoms with Crippen LogP contribution in [-0.4, -0.2) is 24.8 Å². The molecule has 130 valence electrons. The van der Waals surface area contributed by atoms with Crippen LogP contribution in [0.1, 0.15) is 30.0 Å². The molecule has 0 heterocycles. The van der Waals surface area contributed by atoms with Crippen LogP contribution in [0.3, 0.4) is 0 Å². The quantitative estimate of drug-likeness (QED) is 0.317. The van der Waals surface area contributed by atoms with Crippen molar-refractivity contribution in [2.75, 3.05) is 13.7 Å².